The van der Waals surface area contributed by atoms with Gasteiger partial charge in [-0.15, -0.1) is 0 Å². The van der Waals surface area contributed by atoms with E-state index in [0.717, 1.165) is 34.9 Å². The number of fused-ring (bicyclic) bond motifs is 1. The van der Waals surface area contributed by atoms with Crippen LogP contribution in [0.15, 0.2) is 41.6 Å². The number of nitrogens with zero attached hydrogens (tertiary/aromatic N) is 1. The molecule has 0 spiro atoms. The maximum atomic E-state index is 11.5. The average Bonchev–Trinajstić information content (AvgIpc) is 2.58. The summed E-state index contributed by atoms with van der Waals surface area (Å²) in [6, 6.07) is 11.8. The zero-order chi connectivity index (χ0) is 16.7. The fourth-order valence-corrected chi connectivity index (χ4v) is 2.14. The van der Waals surface area contributed by atoms with Crippen LogP contribution in [0.25, 0.3) is 10.8 Å². The summed E-state index contributed by atoms with van der Waals surface area (Å²) in [5.41, 5.74) is 1.55. The zero-order valence-electron chi connectivity index (χ0n) is 13.8. The molecule has 2 rings (SSSR count). The van der Waals surface area contributed by atoms with Gasteiger partial charge in [0.1, 0.15) is 5.75 Å². The number of hydrogen-bond donors (Lipinski definition) is 1. The summed E-state index contributed by atoms with van der Waals surface area (Å²) in [4.78, 5) is 16.4. The van der Waals surface area contributed by atoms with Crippen LogP contribution in [0.4, 0.5) is 4.79 Å². The predicted octanol–water partition coefficient (Wildman–Crippen LogP) is 4.10. The molecular formula is C18H22N2O3. The van der Waals surface area contributed by atoms with Crippen molar-refractivity contribution < 1.29 is 14.4 Å². The molecule has 0 heterocycles. The van der Waals surface area contributed by atoms with Crippen molar-refractivity contribution in [3.05, 3.63) is 42.0 Å². The monoisotopic (exact) mass is 314 g/mol. The molecule has 5 heteroatoms. The Kier molecular flexibility index (Phi) is 5.97. The molecule has 122 valence electrons. The molecular weight excluding hydrogens is 292 g/mol. The van der Waals surface area contributed by atoms with E-state index in [-0.39, 0.29) is 0 Å². The quantitative estimate of drug-likeness (QED) is 0.378. The van der Waals surface area contributed by atoms with Crippen molar-refractivity contribution in [2.45, 2.75) is 26.7 Å². The molecule has 2 aromatic carbocycles. The van der Waals surface area contributed by atoms with E-state index < -0.39 is 6.09 Å². The average molecular weight is 314 g/mol. The molecule has 0 saturated heterocycles. The van der Waals surface area contributed by atoms with Gasteiger partial charge in [-0.2, -0.15) is 0 Å². The number of oxime groups is 1. The van der Waals surface area contributed by atoms with E-state index in [1.54, 1.807) is 7.11 Å². The molecule has 0 atom stereocenters. The van der Waals surface area contributed by atoms with Gasteiger partial charge in [0.2, 0.25) is 0 Å². The Morgan fingerprint density at radius 3 is 2.65 bits per heavy atom. The Morgan fingerprint density at radius 2 is 1.91 bits per heavy atom. The number of amides is 1. The third-order valence-corrected chi connectivity index (χ3v) is 3.53. The SMILES string of the molecule is CCCCNC(=O)O/N=C(/C)c1ccc2cc(OC)ccc2c1. The number of unbranched alkanes of at least 4 members (excludes halogenated alkanes) is 1. The van der Waals surface area contributed by atoms with Gasteiger partial charge in [0.05, 0.1) is 12.8 Å². The summed E-state index contributed by atoms with van der Waals surface area (Å²) < 4.78 is 5.22. The van der Waals surface area contributed by atoms with Gasteiger partial charge in [0, 0.05) is 6.54 Å². The minimum Gasteiger partial charge on any atom is -0.497 e. The number of hydrogen-bond acceptors (Lipinski definition) is 4. The van der Waals surface area contributed by atoms with Crippen LogP contribution in [0.5, 0.6) is 5.75 Å². The smallest absolute Gasteiger partial charge is 0.433 e. The minimum absolute atomic E-state index is 0.525. The Hall–Kier alpha value is -2.56. The summed E-state index contributed by atoms with van der Waals surface area (Å²) in [5.74, 6) is 0.822. The molecule has 23 heavy (non-hydrogen) atoms. The van der Waals surface area contributed by atoms with Crippen molar-refractivity contribution in [1.82, 2.24) is 5.32 Å². The van der Waals surface area contributed by atoms with Crippen LogP contribution >= 0.6 is 0 Å². The van der Waals surface area contributed by atoms with Crippen LogP contribution in [0.2, 0.25) is 0 Å². The van der Waals surface area contributed by atoms with Gasteiger partial charge >= 0.3 is 6.09 Å². The van der Waals surface area contributed by atoms with E-state index >= 15 is 0 Å². The van der Waals surface area contributed by atoms with E-state index in [1.807, 2.05) is 43.3 Å². The number of rotatable bonds is 6. The third kappa shape index (κ3) is 4.71. The first-order valence-corrected chi connectivity index (χ1v) is 7.71. The second-order valence-corrected chi connectivity index (χ2v) is 5.26. The molecule has 0 saturated carbocycles. The third-order valence-electron chi connectivity index (χ3n) is 3.53. The highest BCUT2D eigenvalue weighted by Gasteiger charge is 2.04. The molecule has 0 radical (unpaired) electrons. The first kappa shape index (κ1) is 16.8. The van der Waals surface area contributed by atoms with E-state index in [0.29, 0.717) is 12.3 Å². The summed E-state index contributed by atoms with van der Waals surface area (Å²) >= 11 is 0. The molecule has 2 aromatic rings. The van der Waals surface area contributed by atoms with Crippen molar-refractivity contribution in [3.8, 4) is 5.75 Å². The topological polar surface area (TPSA) is 59.9 Å². The van der Waals surface area contributed by atoms with Crippen LogP contribution in [-0.2, 0) is 4.84 Å². The van der Waals surface area contributed by atoms with Crippen molar-refractivity contribution in [3.63, 3.8) is 0 Å². The maximum Gasteiger partial charge on any atom is 0.433 e. The van der Waals surface area contributed by atoms with Crippen molar-refractivity contribution in [2.75, 3.05) is 13.7 Å². The van der Waals surface area contributed by atoms with Crippen LogP contribution in [0, 0.1) is 0 Å². The number of methoxy groups -OCH3 is 1. The first-order chi connectivity index (χ1) is 11.1. The molecule has 0 fully saturated rings. The second kappa shape index (κ2) is 8.17. The second-order valence-electron chi connectivity index (χ2n) is 5.26. The van der Waals surface area contributed by atoms with Gasteiger partial charge in [-0.1, -0.05) is 36.7 Å². The highest BCUT2D eigenvalue weighted by molar-refractivity contribution is 6.02. The van der Waals surface area contributed by atoms with Crippen molar-refractivity contribution in [1.29, 1.82) is 0 Å². The number of benzene rings is 2. The Labute approximate surface area is 136 Å². The maximum absolute atomic E-state index is 11.5. The normalized spacial score (nSPS) is 11.3. The Balaban J connectivity index is 2.06. The highest BCUT2D eigenvalue weighted by atomic mass is 16.7. The molecule has 0 bridgehead atoms. The number of carbonyl (C=O) groups excluding carboxylic acids is 1. The number of nitrogens with one attached hydrogen (secondary N) is 1. The summed E-state index contributed by atoms with van der Waals surface area (Å²) in [5, 5.41) is 8.70. The molecule has 0 aliphatic carbocycles. The van der Waals surface area contributed by atoms with Gasteiger partial charge in [-0.3, -0.25) is 4.84 Å². The molecule has 1 amide bonds. The molecule has 0 aliphatic heterocycles. The molecule has 1 N–H and O–H groups in total. The highest BCUT2D eigenvalue weighted by Crippen LogP contribution is 2.22. The Bertz CT molecular complexity index is 710. The predicted molar refractivity (Wildman–Crippen MR) is 92.1 cm³/mol. The van der Waals surface area contributed by atoms with Crippen LogP contribution in [-0.4, -0.2) is 25.5 Å². The van der Waals surface area contributed by atoms with Gasteiger partial charge in [0.15, 0.2) is 0 Å². The van der Waals surface area contributed by atoms with Gasteiger partial charge < -0.3 is 10.1 Å². The van der Waals surface area contributed by atoms with Crippen LogP contribution in [0.1, 0.15) is 32.3 Å². The Morgan fingerprint density at radius 1 is 1.17 bits per heavy atom. The van der Waals surface area contributed by atoms with Gasteiger partial charge in [0.25, 0.3) is 0 Å². The van der Waals surface area contributed by atoms with E-state index in [9.17, 15) is 4.79 Å². The van der Waals surface area contributed by atoms with Crippen molar-refractivity contribution in [2.24, 2.45) is 5.16 Å². The van der Waals surface area contributed by atoms with E-state index in [2.05, 4.69) is 17.4 Å². The largest absolute Gasteiger partial charge is 0.497 e. The van der Waals surface area contributed by atoms with E-state index in [1.165, 1.54) is 0 Å². The standard InChI is InChI=1S/C18H22N2O3/c1-4-5-10-19-18(21)23-20-13(2)14-6-7-16-12-17(22-3)9-8-15(16)11-14/h6-9,11-12H,4-5,10H2,1-3H3,(H,19,21)/b20-13-. The van der Waals surface area contributed by atoms with Crippen molar-refractivity contribution >= 4 is 22.6 Å². The lowest BCUT2D eigenvalue weighted by Gasteiger charge is -2.06. The lowest BCUT2D eigenvalue weighted by atomic mass is 10.0. The minimum atomic E-state index is -0.525. The van der Waals surface area contributed by atoms with Gasteiger partial charge in [-0.25, -0.2) is 4.79 Å². The molecule has 0 aliphatic rings. The first-order valence-electron chi connectivity index (χ1n) is 7.71. The lowest BCUT2D eigenvalue weighted by molar-refractivity contribution is 0.150. The molecule has 0 unspecified atom stereocenters. The summed E-state index contributed by atoms with van der Waals surface area (Å²) in [6.45, 7) is 4.47. The molecule has 5 nitrogen and oxygen atoms in total. The zero-order valence-corrected chi connectivity index (χ0v) is 13.8. The number of ether oxygens (including phenoxy) is 1. The lowest BCUT2D eigenvalue weighted by Crippen LogP contribution is -2.24. The fraction of sp³-hybridized carbons (Fsp3) is 0.333. The van der Waals surface area contributed by atoms with Crippen LogP contribution < -0.4 is 10.1 Å². The van der Waals surface area contributed by atoms with Crippen LogP contribution in [0.3, 0.4) is 0 Å². The summed E-state index contributed by atoms with van der Waals surface area (Å²) in [6.07, 6.45) is 1.42. The molecule has 0 aromatic heterocycles. The van der Waals surface area contributed by atoms with E-state index in [4.69, 9.17) is 9.57 Å². The summed E-state index contributed by atoms with van der Waals surface area (Å²) in [7, 11) is 1.65. The fourth-order valence-electron chi connectivity index (χ4n) is 2.14. The van der Waals surface area contributed by atoms with Gasteiger partial charge in [-0.05, 0) is 47.9 Å². The number of carbonyl (C=O) groups is 1.